The molecule has 1 aliphatic rings. The minimum atomic E-state index is -0.461. The summed E-state index contributed by atoms with van der Waals surface area (Å²) in [5.74, 6) is -0.800. The third kappa shape index (κ3) is 2.37. The molecule has 0 saturated heterocycles. The highest BCUT2D eigenvalue weighted by molar-refractivity contribution is 6.34. The van der Waals surface area contributed by atoms with Gasteiger partial charge in [-0.05, 0) is 53.6 Å². The molecular weight excluding hydrogens is 313 g/mol. The Morgan fingerprint density at radius 2 is 1.83 bits per heavy atom. The summed E-state index contributed by atoms with van der Waals surface area (Å²) in [6.45, 7) is 0. The Kier molecular flexibility index (Phi) is 3.31. The second-order valence-electron chi connectivity index (χ2n) is 5.69. The van der Waals surface area contributed by atoms with E-state index in [4.69, 9.17) is 11.6 Å². The molecule has 1 aliphatic carbocycles. The summed E-state index contributed by atoms with van der Waals surface area (Å²) in [4.78, 5) is 12.5. The van der Waals surface area contributed by atoms with Crippen LogP contribution in [0.3, 0.4) is 0 Å². The number of amides is 1. The van der Waals surface area contributed by atoms with Gasteiger partial charge in [-0.2, -0.15) is 0 Å². The fourth-order valence-corrected chi connectivity index (χ4v) is 3.47. The SMILES string of the molecule is O=C(Nc1ccc2c3c(cccc13)CC2)c1ccc(F)cc1Cl. The Labute approximate surface area is 137 Å². The van der Waals surface area contributed by atoms with Crippen molar-refractivity contribution >= 4 is 34.0 Å². The van der Waals surface area contributed by atoms with E-state index in [-0.39, 0.29) is 16.5 Å². The maximum absolute atomic E-state index is 13.1. The van der Waals surface area contributed by atoms with Crippen LogP contribution in [0.15, 0.2) is 48.5 Å². The van der Waals surface area contributed by atoms with Crippen LogP contribution >= 0.6 is 11.6 Å². The van der Waals surface area contributed by atoms with Gasteiger partial charge in [0.1, 0.15) is 5.82 Å². The van der Waals surface area contributed by atoms with Gasteiger partial charge in [0.25, 0.3) is 5.91 Å². The van der Waals surface area contributed by atoms with Crippen LogP contribution in [0.2, 0.25) is 5.02 Å². The van der Waals surface area contributed by atoms with E-state index in [1.165, 1.54) is 28.6 Å². The molecule has 23 heavy (non-hydrogen) atoms. The van der Waals surface area contributed by atoms with Crippen LogP contribution in [0.4, 0.5) is 10.1 Å². The molecule has 0 spiro atoms. The van der Waals surface area contributed by atoms with Crippen molar-refractivity contribution in [3.63, 3.8) is 0 Å². The van der Waals surface area contributed by atoms with E-state index in [0.29, 0.717) is 0 Å². The van der Waals surface area contributed by atoms with Crippen molar-refractivity contribution in [2.75, 3.05) is 5.32 Å². The number of carbonyl (C=O) groups excluding carboxylic acids is 1. The van der Waals surface area contributed by atoms with E-state index in [9.17, 15) is 9.18 Å². The van der Waals surface area contributed by atoms with Crippen molar-refractivity contribution in [1.29, 1.82) is 0 Å². The summed E-state index contributed by atoms with van der Waals surface area (Å²) in [5.41, 5.74) is 3.64. The minimum absolute atomic E-state index is 0.105. The van der Waals surface area contributed by atoms with Crippen molar-refractivity contribution in [3.05, 3.63) is 76.1 Å². The predicted octanol–water partition coefficient (Wildman–Crippen LogP) is 4.98. The van der Waals surface area contributed by atoms with Crippen molar-refractivity contribution in [1.82, 2.24) is 0 Å². The molecule has 114 valence electrons. The average molecular weight is 326 g/mol. The second kappa shape index (κ2) is 5.36. The Hall–Kier alpha value is -2.39. The topological polar surface area (TPSA) is 29.1 Å². The summed E-state index contributed by atoms with van der Waals surface area (Å²) in [7, 11) is 0. The molecule has 0 atom stereocenters. The van der Waals surface area contributed by atoms with Gasteiger partial charge in [-0.15, -0.1) is 0 Å². The van der Waals surface area contributed by atoms with Gasteiger partial charge in [0.15, 0.2) is 0 Å². The fraction of sp³-hybridized carbons (Fsp3) is 0.105. The van der Waals surface area contributed by atoms with Gasteiger partial charge in [0, 0.05) is 11.1 Å². The quantitative estimate of drug-likeness (QED) is 0.707. The van der Waals surface area contributed by atoms with Crippen LogP contribution < -0.4 is 5.32 Å². The van der Waals surface area contributed by atoms with Crippen molar-refractivity contribution in [3.8, 4) is 0 Å². The van der Waals surface area contributed by atoms with E-state index in [1.807, 2.05) is 18.2 Å². The van der Waals surface area contributed by atoms with Crippen molar-refractivity contribution in [2.45, 2.75) is 12.8 Å². The molecule has 0 saturated carbocycles. The number of rotatable bonds is 2. The first kappa shape index (κ1) is 14.2. The number of nitrogens with one attached hydrogen (secondary N) is 1. The van der Waals surface area contributed by atoms with Gasteiger partial charge >= 0.3 is 0 Å². The number of hydrogen-bond donors (Lipinski definition) is 1. The summed E-state index contributed by atoms with van der Waals surface area (Å²) in [5, 5.41) is 5.27. The van der Waals surface area contributed by atoms with E-state index in [1.54, 1.807) is 0 Å². The highest BCUT2D eigenvalue weighted by Crippen LogP contribution is 2.35. The molecule has 0 aromatic heterocycles. The van der Waals surface area contributed by atoms with E-state index in [0.717, 1.165) is 30.0 Å². The van der Waals surface area contributed by atoms with Gasteiger partial charge in [-0.1, -0.05) is 35.9 Å². The van der Waals surface area contributed by atoms with Gasteiger partial charge in [0.2, 0.25) is 0 Å². The van der Waals surface area contributed by atoms with E-state index in [2.05, 4.69) is 17.4 Å². The van der Waals surface area contributed by atoms with Crippen LogP contribution in [0, 0.1) is 5.82 Å². The molecule has 4 rings (SSSR count). The van der Waals surface area contributed by atoms with Crippen molar-refractivity contribution < 1.29 is 9.18 Å². The zero-order valence-electron chi connectivity index (χ0n) is 12.2. The largest absolute Gasteiger partial charge is 0.321 e. The van der Waals surface area contributed by atoms with Crippen LogP contribution in [-0.4, -0.2) is 5.91 Å². The van der Waals surface area contributed by atoms with Crippen LogP contribution in [-0.2, 0) is 12.8 Å². The maximum Gasteiger partial charge on any atom is 0.257 e. The summed E-state index contributed by atoms with van der Waals surface area (Å²) in [6, 6.07) is 13.9. The zero-order chi connectivity index (χ0) is 16.0. The Balaban J connectivity index is 1.75. The third-order valence-corrected chi connectivity index (χ3v) is 4.61. The molecule has 2 nitrogen and oxygen atoms in total. The maximum atomic E-state index is 13.1. The number of anilines is 1. The second-order valence-corrected chi connectivity index (χ2v) is 6.10. The first-order chi connectivity index (χ1) is 11.1. The summed E-state index contributed by atoms with van der Waals surface area (Å²) in [6.07, 6.45) is 2.07. The zero-order valence-corrected chi connectivity index (χ0v) is 13.0. The lowest BCUT2D eigenvalue weighted by atomic mass is 10.0. The molecule has 0 bridgehead atoms. The third-order valence-electron chi connectivity index (χ3n) is 4.30. The molecule has 4 heteroatoms. The highest BCUT2D eigenvalue weighted by atomic mass is 35.5. The molecule has 0 radical (unpaired) electrons. The Morgan fingerprint density at radius 3 is 2.61 bits per heavy atom. The number of halogens is 2. The molecule has 0 heterocycles. The fourth-order valence-electron chi connectivity index (χ4n) is 3.22. The van der Waals surface area contributed by atoms with Gasteiger partial charge < -0.3 is 5.32 Å². The first-order valence-corrected chi connectivity index (χ1v) is 7.81. The molecule has 1 N–H and O–H groups in total. The average Bonchev–Trinajstić information content (AvgIpc) is 2.95. The number of hydrogen-bond acceptors (Lipinski definition) is 1. The minimum Gasteiger partial charge on any atom is -0.321 e. The standard InChI is InChI=1S/C19H13ClFNO/c20-16-10-13(21)7-8-14(16)19(23)22-17-9-6-12-5-4-11-2-1-3-15(17)18(11)12/h1-3,6-10H,4-5H2,(H,22,23). The molecule has 3 aromatic carbocycles. The number of benzene rings is 3. The lowest BCUT2D eigenvalue weighted by Crippen LogP contribution is -2.13. The van der Waals surface area contributed by atoms with E-state index >= 15 is 0 Å². The lowest BCUT2D eigenvalue weighted by molar-refractivity contribution is 0.102. The normalized spacial score (nSPS) is 12.6. The van der Waals surface area contributed by atoms with E-state index < -0.39 is 5.82 Å². The Bertz CT molecular complexity index is 941. The van der Waals surface area contributed by atoms with Crippen molar-refractivity contribution in [2.24, 2.45) is 0 Å². The van der Waals surface area contributed by atoms with Gasteiger partial charge in [0.05, 0.1) is 10.6 Å². The molecule has 0 aliphatic heterocycles. The van der Waals surface area contributed by atoms with Gasteiger partial charge in [-0.25, -0.2) is 4.39 Å². The Morgan fingerprint density at radius 1 is 1.04 bits per heavy atom. The molecule has 0 fully saturated rings. The molecular formula is C19H13ClFNO. The summed E-state index contributed by atoms with van der Waals surface area (Å²) < 4.78 is 13.1. The molecule has 3 aromatic rings. The van der Waals surface area contributed by atoms with Gasteiger partial charge in [-0.3, -0.25) is 4.79 Å². The smallest absolute Gasteiger partial charge is 0.257 e. The summed E-state index contributed by atoms with van der Waals surface area (Å²) >= 11 is 5.97. The number of aryl methyl sites for hydroxylation is 2. The predicted molar refractivity (Wildman–Crippen MR) is 90.7 cm³/mol. The molecule has 1 amide bonds. The highest BCUT2D eigenvalue weighted by Gasteiger charge is 2.18. The molecule has 0 unspecified atom stereocenters. The monoisotopic (exact) mass is 325 g/mol. The first-order valence-electron chi connectivity index (χ1n) is 7.43. The lowest BCUT2D eigenvalue weighted by Gasteiger charge is -2.11. The number of carbonyl (C=O) groups is 1. The van der Waals surface area contributed by atoms with Crippen LogP contribution in [0.1, 0.15) is 21.5 Å². The van der Waals surface area contributed by atoms with Crippen LogP contribution in [0.25, 0.3) is 10.8 Å². The van der Waals surface area contributed by atoms with Crippen LogP contribution in [0.5, 0.6) is 0 Å².